The zero-order chi connectivity index (χ0) is 19.1. The number of rotatable bonds is 7. The van der Waals surface area contributed by atoms with Crippen LogP contribution >= 0.6 is 0 Å². The van der Waals surface area contributed by atoms with Gasteiger partial charge in [-0.2, -0.15) is 4.98 Å². The van der Waals surface area contributed by atoms with Crippen molar-refractivity contribution < 1.29 is 14.3 Å². The number of benzene rings is 2. The lowest BCUT2D eigenvalue weighted by Crippen LogP contribution is -2.23. The number of carbonyl (C=O) groups is 1. The molecule has 0 saturated heterocycles. The average molecular weight is 363 g/mol. The van der Waals surface area contributed by atoms with E-state index in [-0.39, 0.29) is 5.91 Å². The lowest BCUT2D eigenvalue weighted by molar-refractivity contribution is 0.0953. The van der Waals surface area contributed by atoms with Crippen LogP contribution in [0.2, 0.25) is 0 Å². The van der Waals surface area contributed by atoms with Crippen LogP contribution in [-0.4, -0.2) is 29.5 Å². The molecule has 0 radical (unpaired) electrons. The maximum atomic E-state index is 12.2. The summed E-state index contributed by atoms with van der Waals surface area (Å²) in [5.74, 6) is 2.11. The van der Waals surface area contributed by atoms with Crippen molar-refractivity contribution in [3.63, 3.8) is 0 Å². The topological polar surface area (TPSA) is 73.3 Å². The number of ether oxygens (including phenoxy) is 2. The van der Waals surface area contributed by atoms with Crippen LogP contribution in [0.1, 0.15) is 23.7 Å². The van der Waals surface area contributed by atoms with E-state index in [1.165, 1.54) is 0 Å². The number of amides is 1. The van der Waals surface area contributed by atoms with Gasteiger partial charge in [-0.3, -0.25) is 4.79 Å². The smallest absolute Gasteiger partial charge is 0.251 e. The van der Waals surface area contributed by atoms with Crippen molar-refractivity contribution in [2.75, 3.05) is 13.7 Å². The molecule has 2 aromatic carbocycles. The Labute approximate surface area is 158 Å². The summed E-state index contributed by atoms with van der Waals surface area (Å²) < 4.78 is 11.0. The standard InChI is InChI=1S/C21H21N3O3/c1-3-11-23-21(25)16-7-4-6-15(13-16)20-22-12-10-19(24-20)27-18-9-5-8-17(14-18)26-2/h4-10,12-14H,3,11H2,1-2H3,(H,23,25). The number of hydrogen-bond acceptors (Lipinski definition) is 5. The molecule has 0 fully saturated rings. The highest BCUT2D eigenvalue weighted by Gasteiger charge is 2.09. The van der Waals surface area contributed by atoms with E-state index < -0.39 is 0 Å². The van der Waals surface area contributed by atoms with Gasteiger partial charge in [-0.15, -0.1) is 0 Å². The summed E-state index contributed by atoms with van der Waals surface area (Å²) in [6, 6.07) is 16.2. The Morgan fingerprint density at radius 2 is 1.89 bits per heavy atom. The summed E-state index contributed by atoms with van der Waals surface area (Å²) in [5, 5.41) is 2.87. The van der Waals surface area contributed by atoms with E-state index >= 15 is 0 Å². The van der Waals surface area contributed by atoms with Gasteiger partial charge in [-0.05, 0) is 30.7 Å². The Kier molecular flexibility index (Phi) is 5.99. The fourth-order valence-electron chi connectivity index (χ4n) is 2.46. The third-order valence-electron chi connectivity index (χ3n) is 3.81. The molecular weight excluding hydrogens is 342 g/mol. The average Bonchev–Trinajstić information content (AvgIpc) is 2.72. The van der Waals surface area contributed by atoms with Gasteiger partial charge < -0.3 is 14.8 Å². The van der Waals surface area contributed by atoms with E-state index in [9.17, 15) is 4.79 Å². The highest BCUT2D eigenvalue weighted by atomic mass is 16.5. The predicted molar refractivity (Wildman–Crippen MR) is 103 cm³/mol. The van der Waals surface area contributed by atoms with Gasteiger partial charge in [0.05, 0.1) is 7.11 Å². The molecule has 0 atom stereocenters. The van der Waals surface area contributed by atoms with Gasteiger partial charge in [-0.1, -0.05) is 25.1 Å². The third-order valence-corrected chi connectivity index (χ3v) is 3.81. The molecule has 6 nitrogen and oxygen atoms in total. The van der Waals surface area contributed by atoms with E-state index in [1.807, 2.05) is 37.3 Å². The van der Waals surface area contributed by atoms with Crippen LogP contribution in [0.25, 0.3) is 11.4 Å². The van der Waals surface area contributed by atoms with Crippen molar-refractivity contribution in [2.45, 2.75) is 13.3 Å². The lowest BCUT2D eigenvalue weighted by Gasteiger charge is -2.08. The Hall–Kier alpha value is -3.41. The van der Waals surface area contributed by atoms with Gasteiger partial charge >= 0.3 is 0 Å². The molecule has 27 heavy (non-hydrogen) atoms. The van der Waals surface area contributed by atoms with Crippen LogP contribution in [0.5, 0.6) is 17.4 Å². The van der Waals surface area contributed by atoms with Gasteiger partial charge in [0.25, 0.3) is 5.91 Å². The molecule has 0 aliphatic carbocycles. The summed E-state index contributed by atoms with van der Waals surface area (Å²) in [6.07, 6.45) is 2.51. The van der Waals surface area contributed by atoms with Crippen LogP contribution in [-0.2, 0) is 0 Å². The number of nitrogens with one attached hydrogen (secondary N) is 1. The maximum absolute atomic E-state index is 12.2. The van der Waals surface area contributed by atoms with E-state index in [2.05, 4.69) is 15.3 Å². The maximum Gasteiger partial charge on any atom is 0.251 e. The molecule has 138 valence electrons. The molecule has 1 N–H and O–H groups in total. The van der Waals surface area contributed by atoms with Gasteiger partial charge in [0.1, 0.15) is 11.5 Å². The van der Waals surface area contributed by atoms with E-state index in [0.29, 0.717) is 35.3 Å². The molecule has 0 spiro atoms. The lowest BCUT2D eigenvalue weighted by atomic mass is 10.1. The molecule has 3 rings (SSSR count). The molecule has 0 saturated carbocycles. The van der Waals surface area contributed by atoms with Crippen LogP contribution in [0.15, 0.2) is 60.8 Å². The van der Waals surface area contributed by atoms with Crippen molar-refractivity contribution in [1.82, 2.24) is 15.3 Å². The Balaban J connectivity index is 1.82. The highest BCUT2D eigenvalue weighted by molar-refractivity contribution is 5.95. The SMILES string of the molecule is CCCNC(=O)c1cccc(-c2nccc(Oc3cccc(OC)c3)n2)c1. The first-order valence-corrected chi connectivity index (χ1v) is 8.73. The van der Waals surface area contributed by atoms with Gasteiger partial charge in [-0.25, -0.2) is 4.98 Å². The molecule has 0 bridgehead atoms. The minimum atomic E-state index is -0.109. The van der Waals surface area contributed by atoms with Crippen LogP contribution in [0, 0.1) is 0 Å². The second-order valence-electron chi connectivity index (χ2n) is 5.84. The molecular formula is C21H21N3O3. The van der Waals surface area contributed by atoms with Crippen molar-refractivity contribution in [2.24, 2.45) is 0 Å². The molecule has 1 aromatic heterocycles. The molecule has 6 heteroatoms. The van der Waals surface area contributed by atoms with Crippen LogP contribution < -0.4 is 14.8 Å². The van der Waals surface area contributed by atoms with E-state index in [1.54, 1.807) is 37.6 Å². The summed E-state index contributed by atoms with van der Waals surface area (Å²) in [6.45, 7) is 2.65. The summed E-state index contributed by atoms with van der Waals surface area (Å²) >= 11 is 0. The zero-order valence-electron chi connectivity index (χ0n) is 15.3. The van der Waals surface area contributed by atoms with Crippen LogP contribution in [0.4, 0.5) is 0 Å². The Bertz CT molecular complexity index is 928. The first kappa shape index (κ1) is 18.4. The number of carbonyl (C=O) groups excluding carboxylic acids is 1. The fourth-order valence-corrected chi connectivity index (χ4v) is 2.46. The molecule has 1 amide bonds. The molecule has 3 aromatic rings. The largest absolute Gasteiger partial charge is 0.497 e. The molecule has 0 aliphatic rings. The third kappa shape index (κ3) is 4.82. The second-order valence-corrected chi connectivity index (χ2v) is 5.84. The zero-order valence-corrected chi connectivity index (χ0v) is 15.3. The van der Waals surface area contributed by atoms with E-state index in [0.717, 1.165) is 12.0 Å². The fraction of sp³-hybridized carbons (Fsp3) is 0.190. The molecule has 0 aliphatic heterocycles. The van der Waals surface area contributed by atoms with Crippen molar-refractivity contribution >= 4 is 5.91 Å². The first-order chi connectivity index (χ1) is 13.2. The highest BCUT2D eigenvalue weighted by Crippen LogP contribution is 2.25. The summed E-state index contributed by atoms with van der Waals surface area (Å²) in [7, 11) is 1.60. The monoisotopic (exact) mass is 363 g/mol. The Morgan fingerprint density at radius 3 is 2.70 bits per heavy atom. The van der Waals surface area contributed by atoms with Crippen molar-refractivity contribution in [1.29, 1.82) is 0 Å². The normalized spacial score (nSPS) is 10.3. The number of hydrogen-bond donors (Lipinski definition) is 1. The summed E-state index contributed by atoms with van der Waals surface area (Å²) in [4.78, 5) is 20.9. The Morgan fingerprint density at radius 1 is 1.07 bits per heavy atom. The van der Waals surface area contributed by atoms with Crippen molar-refractivity contribution in [3.05, 3.63) is 66.4 Å². The molecule has 1 heterocycles. The van der Waals surface area contributed by atoms with Crippen molar-refractivity contribution in [3.8, 4) is 28.8 Å². The van der Waals surface area contributed by atoms with E-state index in [4.69, 9.17) is 9.47 Å². The van der Waals surface area contributed by atoms with Gasteiger partial charge in [0, 0.05) is 36.0 Å². The minimum absolute atomic E-state index is 0.109. The number of nitrogens with zero attached hydrogens (tertiary/aromatic N) is 2. The first-order valence-electron chi connectivity index (χ1n) is 8.73. The van der Waals surface area contributed by atoms with Gasteiger partial charge in [0.2, 0.25) is 5.88 Å². The van der Waals surface area contributed by atoms with Crippen LogP contribution in [0.3, 0.4) is 0 Å². The predicted octanol–water partition coefficient (Wildman–Crippen LogP) is 4.08. The number of methoxy groups -OCH3 is 1. The quantitative estimate of drug-likeness (QED) is 0.684. The second kappa shape index (κ2) is 8.80. The molecule has 0 unspecified atom stereocenters. The number of aromatic nitrogens is 2. The summed E-state index contributed by atoms with van der Waals surface area (Å²) in [5.41, 5.74) is 1.32. The minimum Gasteiger partial charge on any atom is -0.497 e. The van der Waals surface area contributed by atoms with Gasteiger partial charge in [0.15, 0.2) is 5.82 Å².